The maximum atomic E-state index is 4.64. The summed E-state index contributed by atoms with van der Waals surface area (Å²) in [4.78, 5) is 6.77. The molecule has 0 spiro atoms. The molecule has 0 radical (unpaired) electrons. The lowest BCUT2D eigenvalue weighted by Gasteiger charge is -2.05. The molecule has 0 fully saturated rings. The van der Waals surface area contributed by atoms with Crippen LogP contribution in [0.2, 0.25) is 0 Å². The van der Waals surface area contributed by atoms with Gasteiger partial charge in [-0.25, -0.2) is 4.98 Å². The molecule has 1 heterocycles. The molecular weight excluding hydrogens is 216 g/mol. The van der Waals surface area contributed by atoms with Crippen molar-refractivity contribution < 1.29 is 0 Å². The lowest BCUT2D eigenvalue weighted by Crippen LogP contribution is -2.10. The Bertz CT molecular complexity index is 474. The van der Waals surface area contributed by atoms with E-state index in [4.69, 9.17) is 0 Å². The number of rotatable bonds is 3. The molecule has 0 aliphatic heterocycles. The second kappa shape index (κ2) is 4.76. The summed E-state index contributed by atoms with van der Waals surface area (Å²) in [7, 11) is 4.12. The zero-order valence-electron chi connectivity index (χ0n) is 9.90. The molecular formula is C13H16N2S. The SMILES string of the molecule is Cc1cccc(-c2nc(CN(C)C)cs2)c1. The Morgan fingerprint density at radius 3 is 2.81 bits per heavy atom. The molecule has 0 amide bonds. The largest absolute Gasteiger partial charge is 0.304 e. The van der Waals surface area contributed by atoms with E-state index in [0.29, 0.717) is 0 Å². The number of aryl methyl sites for hydroxylation is 1. The average Bonchev–Trinajstić information content (AvgIpc) is 2.65. The Balaban J connectivity index is 2.24. The van der Waals surface area contributed by atoms with Gasteiger partial charge in [-0.05, 0) is 27.1 Å². The number of aromatic nitrogens is 1. The van der Waals surface area contributed by atoms with Gasteiger partial charge in [0.2, 0.25) is 0 Å². The minimum Gasteiger partial charge on any atom is -0.304 e. The van der Waals surface area contributed by atoms with Crippen LogP contribution in [0.3, 0.4) is 0 Å². The van der Waals surface area contributed by atoms with E-state index < -0.39 is 0 Å². The fraction of sp³-hybridized carbons (Fsp3) is 0.308. The van der Waals surface area contributed by atoms with Crippen molar-refractivity contribution >= 4 is 11.3 Å². The van der Waals surface area contributed by atoms with E-state index in [9.17, 15) is 0 Å². The summed E-state index contributed by atoms with van der Waals surface area (Å²) >= 11 is 1.72. The summed E-state index contributed by atoms with van der Waals surface area (Å²) in [5.74, 6) is 0. The molecule has 0 saturated carbocycles. The molecule has 1 aromatic carbocycles. The fourth-order valence-electron chi connectivity index (χ4n) is 1.61. The van der Waals surface area contributed by atoms with Crippen LogP contribution in [0.25, 0.3) is 10.6 Å². The van der Waals surface area contributed by atoms with Crippen molar-refractivity contribution in [3.63, 3.8) is 0 Å². The van der Waals surface area contributed by atoms with Crippen LogP contribution >= 0.6 is 11.3 Å². The van der Waals surface area contributed by atoms with Crippen LogP contribution in [-0.2, 0) is 6.54 Å². The van der Waals surface area contributed by atoms with E-state index in [0.717, 1.165) is 17.2 Å². The minimum atomic E-state index is 0.905. The summed E-state index contributed by atoms with van der Waals surface area (Å²) in [5, 5.41) is 3.25. The second-order valence-electron chi connectivity index (χ2n) is 4.25. The Morgan fingerprint density at radius 2 is 2.12 bits per heavy atom. The lowest BCUT2D eigenvalue weighted by molar-refractivity contribution is 0.398. The minimum absolute atomic E-state index is 0.905. The van der Waals surface area contributed by atoms with Crippen LogP contribution in [0.15, 0.2) is 29.6 Å². The van der Waals surface area contributed by atoms with Gasteiger partial charge in [0, 0.05) is 17.5 Å². The Labute approximate surface area is 101 Å². The molecule has 0 unspecified atom stereocenters. The third-order valence-electron chi connectivity index (χ3n) is 2.29. The summed E-state index contributed by atoms with van der Waals surface area (Å²) in [6.45, 7) is 3.01. The Morgan fingerprint density at radius 1 is 1.31 bits per heavy atom. The van der Waals surface area contributed by atoms with Crippen molar-refractivity contribution in [1.29, 1.82) is 0 Å². The molecule has 3 heteroatoms. The maximum absolute atomic E-state index is 4.64. The quantitative estimate of drug-likeness (QED) is 0.808. The topological polar surface area (TPSA) is 16.1 Å². The van der Waals surface area contributed by atoms with E-state index in [-0.39, 0.29) is 0 Å². The van der Waals surface area contributed by atoms with Crippen molar-refractivity contribution in [2.24, 2.45) is 0 Å². The smallest absolute Gasteiger partial charge is 0.123 e. The molecule has 0 N–H and O–H groups in total. The zero-order valence-corrected chi connectivity index (χ0v) is 10.7. The predicted molar refractivity (Wildman–Crippen MR) is 69.7 cm³/mol. The van der Waals surface area contributed by atoms with E-state index in [1.807, 2.05) is 0 Å². The van der Waals surface area contributed by atoms with Crippen molar-refractivity contribution in [1.82, 2.24) is 9.88 Å². The first-order chi connectivity index (χ1) is 7.65. The van der Waals surface area contributed by atoms with Gasteiger partial charge in [0.1, 0.15) is 5.01 Å². The van der Waals surface area contributed by atoms with E-state index in [2.05, 4.69) is 60.5 Å². The van der Waals surface area contributed by atoms with Gasteiger partial charge >= 0.3 is 0 Å². The van der Waals surface area contributed by atoms with Gasteiger partial charge in [-0.2, -0.15) is 0 Å². The Hall–Kier alpha value is -1.19. The first kappa shape index (κ1) is 11.3. The fourth-order valence-corrected chi connectivity index (χ4v) is 2.42. The molecule has 0 atom stereocenters. The molecule has 0 saturated heterocycles. The van der Waals surface area contributed by atoms with Crippen molar-refractivity contribution in [2.75, 3.05) is 14.1 Å². The highest BCUT2D eigenvalue weighted by Gasteiger charge is 2.05. The van der Waals surface area contributed by atoms with Gasteiger partial charge < -0.3 is 4.90 Å². The van der Waals surface area contributed by atoms with Gasteiger partial charge in [0.25, 0.3) is 0 Å². The molecule has 0 bridgehead atoms. The van der Waals surface area contributed by atoms with E-state index >= 15 is 0 Å². The number of thiazole rings is 1. The predicted octanol–water partition coefficient (Wildman–Crippen LogP) is 3.18. The van der Waals surface area contributed by atoms with Crippen LogP contribution < -0.4 is 0 Å². The molecule has 2 rings (SSSR count). The average molecular weight is 232 g/mol. The first-order valence-corrected chi connectivity index (χ1v) is 6.19. The maximum Gasteiger partial charge on any atom is 0.123 e. The zero-order chi connectivity index (χ0) is 11.5. The number of nitrogens with zero attached hydrogens (tertiary/aromatic N) is 2. The highest BCUT2D eigenvalue weighted by Crippen LogP contribution is 2.24. The van der Waals surface area contributed by atoms with Crippen molar-refractivity contribution in [3.05, 3.63) is 40.9 Å². The van der Waals surface area contributed by atoms with E-state index in [1.54, 1.807) is 11.3 Å². The van der Waals surface area contributed by atoms with Crippen LogP contribution in [0.5, 0.6) is 0 Å². The second-order valence-corrected chi connectivity index (χ2v) is 5.11. The number of benzene rings is 1. The number of hydrogen-bond donors (Lipinski definition) is 0. The monoisotopic (exact) mass is 232 g/mol. The van der Waals surface area contributed by atoms with Crippen molar-refractivity contribution in [3.8, 4) is 10.6 Å². The van der Waals surface area contributed by atoms with Crippen LogP contribution in [0, 0.1) is 6.92 Å². The summed E-state index contributed by atoms with van der Waals surface area (Å²) in [5.41, 5.74) is 3.64. The molecule has 84 valence electrons. The van der Waals surface area contributed by atoms with Gasteiger partial charge in [-0.1, -0.05) is 23.8 Å². The van der Waals surface area contributed by atoms with Gasteiger partial charge in [0.05, 0.1) is 5.69 Å². The van der Waals surface area contributed by atoms with Crippen LogP contribution in [-0.4, -0.2) is 24.0 Å². The molecule has 0 aliphatic carbocycles. The highest BCUT2D eigenvalue weighted by atomic mass is 32.1. The summed E-state index contributed by atoms with van der Waals surface area (Å²) < 4.78 is 0. The lowest BCUT2D eigenvalue weighted by atomic mass is 10.1. The summed E-state index contributed by atoms with van der Waals surface area (Å²) in [6, 6.07) is 8.49. The van der Waals surface area contributed by atoms with Gasteiger partial charge in [-0.3, -0.25) is 0 Å². The standard InChI is InChI=1S/C13H16N2S/c1-10-5-4-6-11(7-10)13-14-12(9-16-13)8-15(2)3/h4-7,9H,8H2,1-3H3. The van der Waals surface area contributed by atoms with Crippen LogP contribution in [0.1, 0.15) is 11.3 Å². The molecule has 16 heavy (non-hydrogen) atoms. The van der Waals surface area contributed by atoms with Crippen molar-refractivity contribution in [2.45, 2.75) is 13.5 Å². The van der Waals surface area contributed by atoms with E-state index in [1.165, 1.54) is 11.1 Å². The van der Waals surface area contributed by atoms with Gasteiger partial charge in [-0.15, -0.1) is 11.3 Å². The molecule has 2 aromatic rings. The molecule has 2 nitrogen and oxygen atoms in total. The Kier molecular flexibility index (Phi) is 3.36. The first-order valence-electron chi connectivity index (χ1n) is 5.31. The summed E-state index contributed by atoms with van der Waals surface area (Å²) in [6.07, 6.45) is 0. The molecule has 0 aliphatic rings. The third kappa shape index (κ3) is 2.68. The normalized spacial score (nSPS) is 11.0. The molecule has 1 aromatic heterocycles. The number of hydrogen-bond acceptors (Lipinski definition) is 3. The highest BCUT2D eigenvalue weighted by molar-refractivity contribution is 7.13. The van der Waals surface area contributed by atoms with Crippen LogP contribution in [0.4, 0.5) is 0 Å². The third-order valence-corrected chi connectivity index (χ3v) is 3.24. The van der Waals surface area contributed by atoms with Gasteiger partial charge in [0.15, 0.2) is 0 Å².